The van der Waals surface area contributed by atoms with E-state index in [-0.39, 0.29) is 17.9 Å². The van der Waals surface area contributed by atoms with Gasteiger partial charge in [0.1, 0.15) is 12.4 Å². The van der Waals surface area contributed by atoms with Crippen LogP contribution >= 0.6 is 0 Å². The molecule has 0 heterocycles. The maximum absolute atomic E-state index is 12.1. The Labute approximate surface area is 261 Å². The zero-order valence-corrected chi connectivity index (χ0v) is 25.7. The molecule has 0 N–H and O–H groups in total. The van der Waals surface area contributed by atoms with Crippen LogP contribution in [0, 0.1) is 5.92 Å². The van der Waals surface area contributed by atoms with Crippen molar-refractivity contribution < 1.29 is 23.8 Å². The van der Waals surface area contributed by atoms with Gasteiger partial charge in [0.25, 0.3) is 0 Å². The molecule has 0 saturated carbocycles. The van der Waals surface area contributed by atoms with E-state index in [0.29, 0.717) is 31.8 Å². The molecule has 0 radical (unpaired) electrons. The van der Waals surface area contributed by atoms with E-state index in [0.717, 1.165) is 48.1 Å². The Hall–Kier alpha value is -4.64. The Kier molecular flexibility index (Phi) is 12.8. The summed E-state index contributed by atoms with van der Waals surface area (Å²) in [5, 5.41) is 0. The first-order valence-corrected chi connectivity index (χ1v) is 15.5. The van der Waals surface area contributed by atoms with E-state index in [1.807, 2.05) is 67.6 Å². The molecule has 0 aromatic heterocycles. The number of unbranched alkanes of at least 4 members (excludes halogenated alkanes) is 1. The summed E-state index contributed by atoms with van der Waals surface area (Å²) in [6, 6.07) is 34.5. The summed E-state index contributed by atoms with van der Waals surface area (Å²) in [6.45, 7) is 4.87. The maximum Gasteiger partial charge on any atom is 0.338 e. The number of hydrogen-bond acceptors (Lipinski definition) is 5. The number of hydrogen-bond donors (Lipinski definition) is 0. The molecule has 0 saturated heterocycles. The second-order valence-corrected chi connectivity index (χ2v) is 10.7. The van der Waals surface area contributed by atoms with Gasteiger partial charge >= 0.3 is 11.9 Å². The summed E-state index contributed by atoms with van der Waals surface area (Å²) >= 11 is 0. The lowest BCUT2D eigenvalue weighted by molar-refractivity contribution is -0.143. The zero-order chi connectivity index (χ0) is 31.0. The molecule has 1 unspecified atom stereocenters. The number of esters is 2. The van der Waals surface area contributed by atoms with Crippen molar-refractivity contribution in [1.82, 2.24) is 0 Å². The van der Waals surface area contributed by atoms with Crippen LogP contribution in [-0.2, 0) is 27.3 Å². The number of carbonyl (C=O) groups excluding carboxylic acids is 2. The van der Waals surface area contributed by atoms with Gasteiger partial charge in [-0.25, -0.2) is 4.79 Å². The molecule has 0 fully saturated rings. The van der Waals surface area contributed by atoms with Crippen molar-refractivity contribution in [2.45, 2.75) is 52.6 Å². The lowest BCUT2D eigenvalue weighted by Gasteiger charge is -2.15. The second-order valence-electron chi connectivity index (χ2n) is 10.7. The SMILES string of the molecule is CCOC(=O)CCCCC(C=Cc1ccccc1OCc1ccc(-c2ccccc2)cc1)Cc1ccc(C(=O)OCC)cc1. The van der Waals surface area contributed by atoms with Gasteiger partial charge in [0.05, 0.1) is 18.8 Å². The van der Waals surface area contributed by atoms with Gasteiger partial charge in [-0.2, -0.15) is 0 Å². The molecular weight excluding hydrogens is 548 g/mol. The van der Waals surface area contributed by atoms with E-state index in [9.17, 15) is 9.59 Å². The average Bonchev–Trinajstić information content (AvgIpc) is 3.06. The Morgan fingerprint density at radius 2 is 1.36 bits per heavy atom. The largest absolute Gasteiger partial charge is 0.488 e. The molecule has 4 aromatic carbocycles. The van der Waals surface area contributed by atoms with E-state index >= 15 is 0 Å². The Morgan fingerprint density at radius 1 is 0.705 bits per heavy atom. The van der Waals surface area contributed by atoms with Gasteiger partial charge in [-0.15, -0.1) is 0 Å². The summed E-state index contributed by atoms with van der Waals surface area (Å²) in [6.07, 6.45) is 8.24. The van der Waals surface area contributed by atoms with Crippen LogP contribution in [0.15, 0.2) is 109 Å². The van der Waals surface area contributed by atoms with Crippen LogP contribution in [0.25, 0.3) is 17.2 Å². The molecule has 0 amide bonds. The highest BCUT2D eigenvalue weighted by Crippen LogP contribution is 2.25. The molecule has 0 spiro atoms. The number of para-hydroxylation sites is 1. The van der Waals surface area contributed by atoms with E-state index in [1.165, 1.54) is 11.1 Å². The van der Waals surface area contributed by atoms with Crippen molar-refractivity contribution >= 4 is 18.0 Å². The zero-order valence-electron chi connectivity index (χ0n) is 25.7. The monoisotopic (exact) mass is 590 g/mol. The van der Waals surface area contributed by atoms with Gasteiger partial charge in [0.2, 0.25) is 0 Å². The quantitative estimate of drug-likeness (QED) is 0.0962. The first-order valence-electron chi connectivity index (χ1n) is 15.5. The summed E-state index contributed by atoms with van der Waals surface area (Å²) in [5.74, 6) is 0.619. The van der Waals surface area contributed by atoms with Crippen molar-refractivity contribution in [3.63, 3.8) is 0 Å². The van der Waals surface area contributed by atoms with Gasteiger partial charge in [-0.05, 0) is 79.5 Å². The fourth-order valence-electron chi connectivity index (χ4n) is 5.04. The summed E-state index contributed by atoms with van der Waals surface area (Å²) < 4.78 is 16.5. The molecule has 5 nitrogen and oxygen atoms in total. The Bertz CT molecular complexity index is 1470. The average molecular weight is 591 g/mol. The molecule has 5 heteroatoms. The molecule has 4 aromatic rings. The van der Waals surface area contributed by atoms with E-state index < -0.39 is 0 Å². The van der Waals surface area contributed by atoms with Crippen LogP contribution in [0.5, 0.6) is 5.75 Å². The van der Waals surface area contributed by atoms with E-state index in [2.05, 4.69) is 54.6 Å². The fraction of sp³-hybridized carbons (Fsp3) is 0.282. The normalized spacial score (nSPS) is 11.7. The third kappa shape index (κ3) is 10.3. The summed E-state index contributed by atoms with van der Waals surface area (Å²) in [4.78, 5) is 23.9. The van der Waals surface area contributed by atoms with Gasteiger partial charge in [-0.1, -0.05) is 104 Å². The number of rotatable bonds is 16. The van der Waals surface area contributed by atoms with Crippen LogP contribution in [0.2, 0.25) is 0 Å². The minimum Gasteiger partial charge on any atom is -0.488 e. The number of carbonyl (C=O) groups is 2. The molecule has 0 aliphatic carbocycles. The highest BCUT2D eigenvalue weighted by Gasteiger charge is 2.11. The standard InChI is InChI=1S/C39H42O5/c1-3-42-38(40)17-11-8-12-30(28-31-19-26-36(27-20-31)39(41)43-4-2)18-25-35-15-9-10-16-37(35)44-29-32-21-23-34(24-22-32)33-13-6-5-7-14-33/h5-7,9-10,13-16,18-27,30H,3-4,8,11-12,17,28-29H2,1-2H3. The summed E-state index contributed by atoms with van der Waals surface area (Å²) in [5.41, 5.74) is 6.19. The third-order valence-corrected chi connectivity index (χ3v) is 7.40. The number of allylic oxidation sites excluding steroid dienone is 1. The summed E-state index contributed by atoms with van der Waals surface area (Å²) in [7, 11) is 0. The minimum absolute atomic E-state index is 0.144. The highest BCUT2D eigenvalue weighted by atomic mass is 16.5. The van der Waals surface area contributed by atoms with Gasteiger partial charge in [0.15, 0.2) is 0 Å². The lowest BCUT2D eigenvalue weighted by Crippen LogP contribution is -2.06. The van der Waals surface area contributed by atoms with Crippen LogP contribution in [0.3, 0.4) is 0 Å². The van der Waals surface area contributed by atoms with E-state index in [1.54, 1.807) is 6.92 Å². The topological polar surface area (TPSA) is 61.8 Å². The van der Waals surface area contributed by atoms with Crippen LogP contribution in [-0.4, -0.2) is 25.2 Å². The van der Waals surface area contributed by atoms with Crippen LogP contribution < -0.4 is 4.74 Å². The van der Waals surface area contributed by atoms with Crippen molar-refractivity contribution in [1.29, 1.82) is 0 Å². The van der Waals surface area contributed by atoms with Crippen molar-refractivity contribution in [2.75, 3.05) is 13.2 Å². The van der Waals surface area contributed by atoms with Gasteiger partial charge < -0.3 is 14.2 Å². The van der Waals surface area contributed by atoms with Crippen molar-refractivity contribution in [3.05, 3.63) is 131 Å². The number of ether oxygens (including phenoxy) is 3. The molecule has 4 rings (SSSR count). The third-order valence-electron chi connectivity index (χ3n) is 7.40. The predicted molar refractivity (Wildman–Crippen MR) is 176 cm³/mol. The molecule has 0 aliphatic rings. The molecule has 1 atom stereocenters. The molecule has 0 bridgehead atoms. The Balaban J connectivity index is 1.42. The first-order chi connectivity index (χ1) is 21.6. The maximum atomic E-state index is 12.1. The fourth-order valence-corrected chi connectivity index (χ4v) is 5.04. The molecule has 44 heavy (non-hydrogen) atoms. The minimum atomic E-state index is -0.307. The van der Waals surface area contributed by atoms with E-state index in [4.69, 9.17) is 14.2 Å². The van der Waals surface area contributed by atoms with Crippen LogP contribution in [0.1, 0.15) is 66.6 Å². The molecular formula is C39H42O5. The highest BCUT2D eigenvalue weighted by molar-refractivity contribution is 5.89. The molecule has 0 aliphatic heterocycles. The van der Waals surface area contributed by atoms with Crippen LogP contribution in [0.4, 0.5) is 0 Å². The predicted octanol–water partition coefficient (Wildman–Crippen LogP) is 9.10. The van der Waals surface area contributed by atoms with Gasteiger partial charge in [-0.3, -0.25) is 4.79 Å². The van der Waals surface area contributed by atoms with Crippen molar-refractivity contribution in [3.8, 4) is 16.9 Å². The van der Waals surface area contributed by atoms with Crippen molar-refractivity contribution in [2.24, 2.45) is 5.92 Å². The lowest BCUT2D eigenvalue weighted by atomic mass is 9.92. The Morgan fingerprint density at radius 3 is 2.09 bits per heavy atom. The van der Waals surface area contributed by atoms with Gasteiger partial charge in [0, 0.05) is 12.0 Å². The first kappa shape index (κ1) is 32.3. The smallest absolute Gasteiger partial charge is 0.338 e. The second kappa shape index (κ2) is 17.5. The number of benzene rings is 4. The molecule has 228 valence electrons.